The number of carbonyl (C=O) groups excluding carboxylic acids is 1. The van der Waals surface area contributed by atoms with Crippen LogP contribution in [0.3, 0.4) is 0 Å². The van der Waals surface area contributed by atoms with Gasteiger partial charge in [-0.2, -0.15) is 5.26 Å². The molecule has 0 aliphatic heterocycles. The zero-order valence-corrected chi connectivity index (χ0v) is 14.8. The maximum absolute atomic E-state index is 12.2. The fraction of sp³-hybridized carbons (Fsp3) is 0.412. The Hall–Kier alpha value is -2.39. The smallest absolute Gasteiger partial charge is 0.263 e. The molecule has 2 N–H and O–H groups in total. The van der Waals surface area contributed by atoms with Gasteiger partial charge < -0.3 is 20.1 Å². The lowest BCUT2D eigenvalue weighted by Crippen LogP contribution is -2.28. The van der Waals surface area contributed by atoms with E-state index in [2.05, 4.69) is 10.6 Å². The minimum atomic E-state index is -0.446. The summed E-state index contributed by atoms with van der Waals surface area (Å²) in [7, 11) is 3.11. The molecule has 1 atom stereocenters. The third-order valence-corrected chi connectivity index (χ3v) is 3.59. The molecule has 0 fully saturated rings. The second-order valence-electron chi connectivity index (χ2n) is 4.98. The minimum Gasteiger partial charge on any atom is -0.493 e. The number of halogens is 1. The highest BCUT2D eigenvalue weighted by Crippen LogP contribution is 2.29. The normalized spacial score (nSPS) is 12.0. The van der Waals surface area contributed by atoms with Crippen molar-refractivity contribution in [3.63, 3.8) is 0 Å². The Balaban J connectivity index is 2.77. The molecule has 6 nitrogen and oxygen atoms in total. The number of carbonyl (C=O) groups is 1. The number of hydrogen-bond donors (Lipinski definition) is 2. The van der Waals surface area contributed by atoms with Gasteiger partial charge in [-0.25, -0.2) is 0 Å². The molecule has 0 aromatic heterocycles. The molecule has 0 spiro atoms. The minimum absolute atomic E-state index is 0.0110. The van der Waals surface area contributed by atoms with E-state index in [-0.39, 0.29) is 11.6 Å². The van der Waals surface area contributed by atoms with Crippen molar-refractivity contribution >= 4 is 17.5 Å². The molecule has 24 heavy (non-hydrogen) atoms. The first-order valence-corrected chi connectivity index (χ1v) is 8.03. The van der Waals surface area contributed by atoms with Gasteiger partial charge in [-0.15, -0.1) is 11.6 Å². The van der Waals surface area contributed by atoms with Gasteiger partial charge in [0.15, 0.2) is 11.5 Å². The topological polar surface area (TPSA) is 83.4 Å². The number of nitriles is 1. The monoisotopic (exact) mass is 351 g/mol. The van der Waals surface area contributed by atoms with Crippen LogP contribution in [0, 0.1) is 11.3 Å². The van der Waals surface area contributed by atoms with E-state index in [1.54, 1.807) is 26.4 Å². The highest BCUT2D eigenvalue weighted by atomic mass is 35.5. The summed E-state index contributed by atoms with van der Waals surface area (Å²) in [5.41, 5.74) is 0.852. The second-order valence-corrected chi connectivity index (χ2v) is 5.35. The van der Waals surface area contributed by atoms with Crippen LogP contribution in [0.25, 0.3) is 0 Å². The number of methoxy groups -OCH3 is 2. The van der Waals surface area contributed by atoms with Crippen LogP contribution in [0.1, 0.15) is 24.9 Å². The standard InChI is InChI=1S/C17H22ClN3O3/c1-12(13-5-6-15(23-2)16(9-13)24-3)21-17(22)14(10-19)11-20-8-4-7-18/h5-6,9,11-12,20H,4,7-8H2,1-3H3,(H,21,22)/b14-11-. The number of ether oxygens (including phenoxy) is 2. The van der Waals surface area contributed by atoms with Crippen molar-refractivity contribution in [3.05, 3.63) is 35.5 Å². The van der Waals surface area contributed by atoms with E-state index >= 15 is 0 Å². The van der Waals surface area contributed by atoms with Gasteiger partial charge in [0.05, 0.1) is 20.3 Å². The zero-order chi connectivity index (χ0) is 17.9. The number of nitrogens with one attached hydrogen (secondary N) is 2. The quantitative estimate of drug-likeness (QED) is 0.309. The Labute approximate surface area is 147 Å². The van der Waals surface area contributed by atoms with Gasteiger partial charge in [0, 0.05) is 18.6 Å². The van der Waals surface area contributed by atoms with Crippen LogP contribution in [0.4, 0.5) is 0 Å². The zero-order valence-electron chi connectivity index (χ0n) is 14.1. The van der Waals surface area contributed by atoms with Crippen LogP contribution in [0.5, 0.6) is 11.5 Å². The molecule has 0 bridgehead atoms. The predicted molar refractivity (Wildman–Crippen MR) is 93.1 cm³/mol. The van der Waals surface area contributed by atoms with E-state index in [9.17, 15) is 4.79 Å². The molecule has 130 valence electrons. The summed E-state index contributed by atoms with van der Waals surface area (Å²) in [6, 6.07) is 6.98. The number of benzene rings is 1. The fourth-order valence-corrected chi connectivity index (χ4v) is 2.11. The molecule has 0 radical (unpaired) electrons. The lowest BCUT2D eigenvalue weighted by atomic mass is 10.1. The van der Waals surface area contributed by atoms with E-state index in [1.165, 1.54) is 6.20 Å². The highest BCUT2D eigenvalue weighted by Gasteiger charge is 2.15. The predicted octanol–water partition coefficient (Wildman–Crippen LogP) is 2.51. The summed E-state index contributed by atoms with van der Waals surface area (Å²) >= 11 is 5.57. The van der Waals surface area contributed by atoms with Crippen molar-refractivity contribution in [2.45, 2.75) is 19.4 Å². The van der Waals surface area contributed by atoms with Gasteiger partial charge in [-0.05, 0) is 31.0 Å². The average Bonchev–Trinajstić information content (AvgIpc) is 2.60. The van der Waals surface area contributed by atoms with E-state index in [4.69, 9.17) is 26.3 Å². The van der Waals surface area contributed by atoms with E-state index in [0.717, 1.165) is 12.0 Å². The summed E-state index contributed by atoms with van der Waals surface area (Å²) in [4.78, 5) is 12.2. The number of alkyl halides is 1. The molecule has 1 amide bonds. The summed E-state index contributed by atoms with van der Waals surface area (Å²) in [6.07, 6.45) is 2.16. The molecular weight excluding hydrogens is 330 g/mol. The molecule has 7 heteroatoms. The van der Waals surface area contributed by atoms with Gasteiger partial charge in [-0.3, -0.25) is 4.79 Å². The second kappa shape index (κ2) is 10.4. The lowest BCUT2D eigenvalue weighted by molar-refractivity contribution is -0.117. The van der Waals surface area contributed by atoms with Crippen LogP contribution in [0.15, 0.2) is 30.0 Å². The summed E-state index contributed by atoms with van der Waals surface area (Å²) < 4.78 is 10.4. The third kappa shape index (κ3) is 5.67. The first-order valence-electron chi connectivity index (χ1n) is 7.49. The van der Waals surface area contributed by atoms with Crippen molar-refractivity contribution in [1.82, 2.24) is 10.6 Å². The van der Waals surface area contributed by atoms with Crippen LogP contribution in [-0.2, 0) is 4.79 Å². The van der Waals surface area contributed by atoms with Gasteiger partial charge in [0.1, 0.15) is 11.6 Å². The Bertz CT molecular complexity index is 626. The number of rotatable bonds is 9. The van der Waals surface area contributed by atoms with Gasteiger partial charge in [-0.1, -0.05) is 6.07 Å². The van der Waals surface area contributed by atoms with Crippen molar-refractivity contribution in [2.24, 2.45) is 0 Å². The fourth-order valence-electron chi connectivity index (χ4n) is 1.97. The Morgan fingerprint density at radius 1 is 1.38 bits per heavy atom. The van der Waals surface area contributed by atoms with Crippen molar-refractivity contribution in [3.8, 4) is 17.6 Å². The molecule has 1 rings (SSSR count). The Kier molecular flexibility index (Phi) is 8.52. The molecule has 0 saturated carbocycles. The summed E-state index contributed by atoms with van der Waals surface area (Å²) in [5.74, 6) is 1.26. The van der Waals surface area contributed by atoms with Gasteiger partial charge >= 0.3 is 0 Å². The SMILES string of the molecule is COc1ccc(C(C)NC(=O)/C(C#N)=C\NCCCCl)cc1OC. The molecule has 0 saturated heterocycles. The maximum Gasteiger partial charge on any atom is 0.263 e. The number of nitrogens with zero attached hydrogens (tertiary/aromatic N) is 1. The number of amides is 1. The largest absolute Gasteiger partial charge is 0.493 e. The third-order valence-electron chi connectivity index (χ3n) is 3.32. The van der Waals surface area contributed by atoms with Crippen LogP contribution in [-0.4, -0.2) is 32.6 Å². The Morgan fingerprint density at radius 2 is 2.08 bits per heavy atom. The summed E-state index contributed by atoms with van der Waals surface area (Å²) in [6.45, 7) is 2.43. The van der Waals surface area contributed by atoms with Crippen LogP contribution in [0.2, 0.25) is 0 Å². The molecular formula is C17H22ClN3O3. The van der Waals surface area contributed by atoms with E-state index in [1.807, 2.05) is 19.1 Å². The molecule has 0 aliphatic rings. The van der Waals surface area contributed by atoms with Crippen LogP contribution < -0.4 is 20.1 Å². The van der Waals surface area contributed by atoms with Crippen LogP contribution >= 0.6 is 11.6 Å². The first-order chi connectivity index (χ1) is 11.6. The Morgan fingerprint density at radius 3 is 2.67 bits per heavy atom. The molecule has 1 aromatic rings. The molecule has 1 unspecified atom stereocenters. The van der Waals surface area contributed by atoms with Crippen molar-refractivity contribution in [2.75, 3.05) is 26.6 Å². The first kappa shape index (κ1) is 19.7. The molecule has 0 aliphatic carbocycles. The van der Waals surface area contributed by atoms with Crippen molar-refractivity contribution < 1.29 is 14.3 Å². The maximum atomic E-state index is 12.2. The van der Waals surface area contributed by atoms with E-state index in [0.29, 0.717) is 23.9 Å². The summed E-state index contributed by atoms with van der Waals surface area (Å²) in [5, 5.41) is 14.8. The van der Waals surface area contributed by atoms with Crippen molar-refractivity contribution in [1.29, 1.82) is 5.26 Å². The lowest BCUT2D eigenvalue weighted by Gasteiger charge is -2.16. The van der Waals surface area contributed by atoms with E-state index < -0.39 is 5.91 Å². The average molecular weight is 352 g/mol. The van der Waals surface area contributed by atoms with Gasteiger partial charge in [0.2, 0.25) is 0 Å². The molecule has 1 aromatic carbocycles. The molecule has 0 heterocycles. The highest BCUT2D eigenvalue weighted by molar-refractivity contribution is 6.17. The number of hydrogen-bond acceptors (Lipinski definition) is 5. The van der Waals surface area contributed by atoms with Gasteiger partial charge in [0.25, 0.3) is 5.91 Å².